The molecule has 1 aromatic carbocycles. The number of hydrogen-bond donors (Lipinski definition) is 2. The molecule has 25 heavy (non-hydrogen) atoms. The molecule has 1 atom stereocenters. The van der Waals surface area contributed by atoms with E-state index < -0.39 is 0 Å². The van der Waals surface area contributed by atoms with Gasteiger partial charge in [0.1, 0.15) is 5.82 Å². The molecule has 6 heteroatoms. The summed E-state index contributed by atoms with van der Waals surface area (Å²) in [5, 5.41) is 17.5. The molecule has 0 amide bonds. The number of rotatable bonds is 6. The molecular weight excluding hydrogens is 314 g/mol. The first-order valence-electron chi connectivity index (χ1n) is 8.49. The van der Waals surface area contributed by atoms with Crippen molar-refractivity contribution < 1.29 is 5.11 Å². The molecule has 6 nitrogen and oxygen atoms in total. The Morgan fingerprint density at radius 2 is 2.00 bits per heavy atom. The van der Waals surface area contributed by atoms with Crippen molar-refractivity contribution >= 4 is 17.2 Å². The van der Waals surface area contributed by atoms with E-state index in [0.717, 1.165) is 28.4 Å². The Morgan fingerprint density at radius 3 is 2.68 bits per heavy atom. The van der Waals surface area contributed by atoms with E-state index in [4.69, 9.17) is 0 Å². The van der Waals surface area contributed by atoms with E-state index >= 15 is 0 Å². The minimum Gasteiger partial charge on any atom is -0.394 e. The SMILES string of the molecule is CC(C)[C@@H](CO)Nc1ccc2ncc(-c3cccc(N(C)C)c3)n2n1. The number of aliphatic hydroxyl groups is 1. The second-order valence-corrected chi connectivity index (χ2v) is 6.75. The number of hydrogen-bond acceptors (Lipinski definition) is 5. The zero-order valence-corrected chi connectivity index (χ0v) is 15.1. The van der Waals surface area contributed by atoms with Crippen molar-refractivity contribution in [2.45, 2.75) is 19.9 Å². The molecule has 3 aromatic rings. The van der Waals surface area contributed by atoms with Gasteiger partial charge in [-0.25, -0.2) is 9.50 Å². The van der Waals surface area contributed by atoms with Gasteiger partial charge in [-0.3, -0.25) is 0 Å². The molecule has 0 radical (unpaired) electrons. The summed E-state index contributed by atoms with van der Waals surface area (Å²) in [7, 11) is 4.05. The van der Waals surface area contributed by atoms with Crippen molar-refractivity contribution in [2.24, 2.45) is 5.92 Å². The molecule has 2 N–H and O–H groups in total. The highest BCUT2D eigenvalue weighted by Crippen LogP contribution is 2.25. The monoisotopic (exact) mass is 339 g/mol. The smallest absolute Gasteiger partial charge is 0.154 e. The third-order valence-electron chi connectivity index (χ3n) is 4.36. The van der Waals surface area contributed by atoms with E-state index in [9.17, 15) is 5.11 Å². The molecule has 3 rings (SSSR count). The Hall–Kier alpha value is -2.60. The summed E-state index contributed by atoms with van der Waals surface area (Å²) in [4.78, 5) is 6.53. The van der Waals surface area contributed by atoms with E-state index in [-0.39, 0.29) is 12.6 Å². The van der Waals surface area contributed by atoms with E-state index in [1.54, 1.807) is 0 Å². The van der Waals surface area contributed by atoms with Crippen LogP contribution >= 0.6 is 0 Å². The minimum atomic E-state index is -0.0333. The summed E-state index contributed by atoms with van der Waals surface area (Å²) < 4.78 is 1.84. The lowest BCUT2D eigenvalue weighted by atomic mass is 10.1. The highest BCUT2D eigenvalue weighted by Gasteiger charge is 2.14. The second-order valence-electron chi connectivity index (χ2n) is 6.75. The Balaban J connectivity index is 2.00. The fraction of sp³-hybridized carbons (Fsp3) is 0.368. The third kappa shape index (κ3) is 3.58. The molecule has 2 heterocycles. The second kappa shape index (κ2) is 7.11. The maximum Gasteiger partial charge on any atom is 0.154 e. The van der Waals surface area contributed by atoms with Crippen LogP contribution in [0, 0.1) is 5.92 Å². The van der Waals surface area contributed by atoms with Crippen LogP contribution in [0.4, 0.5) is 11.5 Å². The molecule has 0 aliphatic heterocycles. The molecule has 0 fully saturated rings. The molecule has 0 saturated heterocycles. The summed E-state index contributed by atoms with van der Waals surface area (Å²) in [6.07, 6.45) is 1.84. The highest BCUT2D eigenvalue weighted by atomic mass is 16.3. The molecule has 0 spiro atoms. The van der Waals surface area contributed by atoms with Gasteiger partial charge in [0.2, 0.25) is 0 Å². The average Bonchev–Trinajstić information content (AvgIpc) is 3.02. The van der Waals surface area contributed by atoms with Gasteiger partial charge in [-0.05, 0) is 30.2 Å². The van der Waals surface area contributed by atoms with Crippen molar-refractivity contribution in [1.82, 2.24) is 14.6 Å². The van der Waals surface area contributed by atoms with Crippen molar-refractivity contribution in [3.05, 3.63) is 42.6 Å². The van der Waals surface area contributed by atoms with Crippen LogP contribution in [0.5, 0.6) is 0 Å². The number of aliphatic hydroxyl groups excluding tert-OH is 1. The number of anilines is 2. The third-order valence-corrected chi connectivity index (χ3v) is 4.36. The van der Waals surface area contributed by atoms with Crippen LogP contribution < -0.4 is 10.2 Å². The number of nitrogens with zero attached hydrogens (tertiary/aromatic N) is 4. The normalized spacial score (nSPS) is 12.6. The van der Waals surface area contributed by atoms with Crippen LogP contribution in [0.1, 0.15) is 13.8 Å². The Morgan fingerprint density at radius 1 is 1.20 bits per heavy atom. The van der Waals surface area contributed by atoms with Gasteiger partial charge in [-0.2, -0.15) is 0 Å². The van der Waals surface area contributed by atoms with Crippen molar-refractivity contribution in [2.75, 3.05) is 30.9 Å². The van der Waals surface area contributed by atoms with Gasteiger partial charge in [0, 0.05) is 25.3 Å². The fourth-order valence-corrected chi connectivity index (χ4v) is 2.70. The van der Waals surface area contributed by atoms with Gasteiger partial charge in [0.25, 0.3) is 0 Å². The van der Waals surface area contributed by atoms with Gasteiger partial charge >= 0.3 is 0 Å². The van der Waals surface area contributed by atoms with Gasteiger partial charge in [0.05, 0.1) is 24.5 Å². The molecule has 2 aromatic heterocycles. The van der Waals surface area contributed by atoms with Crippen LogP contribution in [-0.2, 0) is 0 Å². The Kier molecular flexibility index (Phi) is 4.90. The van der Waals surface area contributed by atoms with E-state index in [1.165, 1.54) is 0 Å². The maximum atomic E-state index is 9.53. The molecule has 0 aliphatic carbocycles. The lowest BCUT2D eigenvalue weighted by Gasteiger charge is -2.20. The summed E-state index contributed by atoms with van der Waals surface area (Å²) in [6, 6.07) is 12.1. The highest BCUT2D eigenvalue weighted by molar-refractivity contribution is 5.68. The van der Waals surface area contributed by atoms with Crippen LogP contribution in [0.3, 0.4) is 0 Å². The van der Waals surface area contributed by atoms with Gasteiger partial charge in [0.15, 0.2) is 5.65 Å². The number of aromatic nitrogens is 3. The fourth-order valence-electron chi connectivity index (χ4n) is 2.70. The van der Waals surface area contributed by atoms with Crippen molar-refractivity contribution in [1.29, 1.82) is 0 Å². The number of nitrogens with one attached hydrogen (secondary N) is 1. The number of imidazole rings is 1. The van der Waals surface area contributed by atoms with Crippen LogP contribution in [0.25, 0.3) is 16.9 Å². The minimum absolute atomic E-state index is 0.0333. The Bertz CT molecular complexity index is 856. The average molecular weight is 339 g/mol. The predicted molar refractivity (Wildman–Crippen MR) is 102 cm³/mol. The van der Waals surface area contributed by atoms with Crippen molar-refractivity contribution in [3.8, 4) is 11.3 Å². The standard InChI is InChI=1S/C19H25N5O/c1-13(2)16(12-25)21-18-8-9-19-20-11-17(24(19)22-18)14-6-5-7-15(10-14)23(3)4/h5-11,13,16,25H,12H2,1-4H3,(H,21,22)/t16-/m1/s1. The summed E-state index contributed by atoms with van der Waals surface area (Å²) >= 11 is 0. The predicted octanol–water partition coefficient (Wildman–Crippen LogP) is 2.89. The molecule has 132 valence electrons. The molecular formula is C19H25N5O. The summed E-state index contributed by atoms with van der Waals surface area (Å²) in [6.45, 7) is 4.21. The number of fused-ring (bicyclic) bond motifs is 1. The zero-order chi connectivity index (χ0) is 18.0. The molecule has 0 bridgehead atoms. The van der Waals surface area contributed by atoms with Crippen LogP contribution in [-0.4, -0.2) is 46.4 Å². The number of benzene rings is 1. The first kappa shape index (κ1) is 17.2. The lowest BCUT2D eigenvalue weighted by Crippen LogP contribution is -2.30. The van der Waals surface area contributed by atoms with Crippen molar-refractivity contribution in [3.63, 3.8) is 0 Å². The molecule has 0 unspecified atom stereocenters. The quantitative estimate of drug-likeness (QED) is 0.723. The maximum absolute atomic E-state index is 9.53. The first-order valence-corrected chi connectivity index (χ1v) is 8.49. The topological polar surface area (TPSA) is 65.7 Å². The van der Waals surface area contributed by atoms with Gasteiger partial charge in [-0.1, -0.05) is 26.0 Å². The Labute approximate surface area is 148 Å². The lowest BCUT2D eigenvalue weighted by molar-refractivity contribution is 0.249. The van der Waals surface area contributed by atoms with E-state index in [0.29, 0.717) is 5.92 Å². The van der Waals surface area contributed by atoms with E-state index in [2.05, 4.69) is 52.3 Å². The van der Waals surface area contributed by atoms with E-state index in [1.807, 2.05) is 43.0 Å². The molecule has 0 saturated carbocycles. The summed E-state index contributed by atoms with van der Waals surface area (Å²) in [5.41, 5.74) is 3.92. The summed E-state index contributed by atoms with van der Waals surface area (Å²) in [5.74, 6) is 1.03. The first-order chi connectivity index (χ1) is 12.0. The van der Waals surface area contributed by atoms with Gasteiger partial charge < -0.3 is 15.3 Å². The van der Waals surface area contributed by atoms with Crippen LogP contribution in [0.15, 0.2) is 42.6 Å². The van der Waals surface area contributed by atoms with Crippen LogP contribution in [0.2, 0.25) is 0 Å². The zero-order valence-electron chi connectivity index (χ0n) is 15.1. The van der Waals surface area contributed by atoms with Gasteiger partial charge in [-0.15, -0.1) is 5.10 Å². The molecule has 0 aliphatic rings. The largest absolute Gasteiger partial charge is 0.394 e.